The van der Waals surface area contributed by atoms with E-state index in [1.807, 2.05) is 37.5 Å². The van der Waals surface area contributed by atoms with Gasteiger partial charge in [0.1, 0.15) is 5.82 Å². The van der Waals surface area contributed by atoms with Crippen molar-refractivity contribution in [2.75, 3.05) is 6.54 Å². The van der Waals surface area contributed by atoms with Crippen molar-refractivity contribution in [3.05, 3.63) is 78.1 Å². The molecule has 1 aromatic carbocycles. The van der Waals surface area contributed by atoms with Crippen LogP contribution >= 0.6 is 0 Å². The Bertz CT molecular complexity index is 735. The molecule has 0 fully saturated rings. The van der Waals surface area contributed by atoms with Crippen LogP contribution in [0.2, 0.25) is 0 Å². The standard InChI is InChI=1S/C19H22N4/c1-3-22(14-17-9-7-8-12-20-17)15-19-13-21-16(2)23(19)18-10-5-4-6-11-18/h4-13H,3,14-15H2,1-2H3. The van der Waals surface area contributed by atoms with Crippen LogP contribution in [-0.2, 0) is 13.1 Å². The minimum Gasteiger partial charge on any atom is -0.300 e. The quantitative estimate of drug-likeness (QED) is 0.698. The highest BCUT2D eigenvalue weighted by molar-refractivity contribution is 5.35. The van der Waals surface area contributed by atoms with Gasteiger partial charge in [0, 0.05) is 25.0 Å². The van der Waals surface area contributed by atoms with Crippen LogP contribution in [-0.4, -0.2) is 26.0 Å². The number of aryl methyl sites for hydroxylation is 1. The lowest BCUT2D eigenvalue weighted by Crippen LogP contribution is -2.24. The van der Waals surface area contributed by atoms with E-state index in [0.717, 1.165) is 36.8 Å². The summed E-state index contributed by atoms with van der Waals surface area (Å²) in [6.45, 7) is 6.89. The van der Waals surface area contributed by atoms with Crippen molar-refractivity contribution in [3.63, 3.8) is 0 Å². The van der Waals surface area contributed by atoms with Crippen LogP contribution < -0.4 is 0 Å². The summed E-state index contributed by atoms with van der Waals surface area (Å²) in [5.74, 6) is 1.01. The van der Waals surface area contributed by atoms with Crippen molar-refractivity contribution in [1.29, 1.82) is 0 Å². The molecule has 0 bridgehead atoms. The topological polar surface area (TPSA) is 34.0 Å². The Morgan fingerprint density at radius 1 is 0.957 bits per heavy atom. The first-order chi connectivity index (χ1) is 11.3. The first-order valence-electron chi connectivity index (χ1n) is 7.99. The van der Waals surface area contributed by atoms with Gasteiger partial charge in [0.05, 0.1) is 17.6 Å². The zero-order valence-electron chi connectivity index (χ0n) is 13.7. The van der Waals surface area contributed by atoms with E-state index >= 15 is 0 Å². The van der Waals surface area contributed by atoms with Crippen LogP contribution in [0.4, 0.5) is 0 Å². The highest BCUT2D eigenvalue weighted by Crippen LogP contribution is 2.16. The van der Waals surface area contributed by atoms with Crippen molar-refractivity contribution in [1.82, 2.24) is 19.4 Å². The zero-order valence-corrected chi connectivity index (χ0v) is 13.7. The second-order valence-corrected chi connectivity index (χ2v) is 5.59. The maximum atomic E-state index is 4.51. The van der Waals surface area contributed by atoms with E-state index in [0.29, 0.717) is 0 Å². The van der Waals surface area contributed by atoms with Crippen molar-refractivity contribution in [2.24, 2.45) is 0 Å². The molecule has 23 heavy (non-hydrogen) atoms. The molecule has 4 nitrogen and oxygen atoms in total. The minimum atomic E-state index is 0.844. The second-order valence-electron chi connectivity index (χ2n) is 5.59. The van der Waals surface area contributed by atoms with Gasteiger partial charge in [-0.05, 0) is 37.7 Å². The molecule has 0 N–H and O–H groups in total. The second kappa shape index (κ2) is 7.20. The lowest BCUT2D eigenvalue weighted by atomic mass is 10.3. The van der Waals surface area contributed by atoms with Gasteiger partial charge < -0.3 is 0 Å². The Kier molecular flexibility index (Phi) is 4.83. The molecule has 3 aromatic rings. The van der Waals surface area contributed by atoms with Gasteiger partial charge in [-0.25, -0.2) is 4.98 Å². The van der Waals surface area contributed by atoms with E-state index in [-0.39, 0.29) is 0 Å². The average molecular weight is 306 g/mol. The van der Waals surface area contributed by atoms with Gasteiger partial charge in [0.25, 0.3) is 0 Å². The number of nitrogens with zero attached hydrogens (tertiary/aromatic N) is 4. The SMILES string of the molecule is CCN(Cc1ccccn1)Cc1cnc(C)n1-c1ccccc1. The molecule has 0 aliphatic rings. The number of hydrogen-bond acceptors (Lipinski definition) is 3. The van der Waals surface area contributed by atoms with Gasteiger partial charge in [-0.15, -0.1) is 0 Å². The van der Waals surface area contributed by atoms with E-state index in [1.165, 1.54) is 5.69 Å². The number of para-hydroxylation sites is 1. The number of hydrogen-bond donors (Lipinski definition) is 0. The highest BCUT2D eigenvalue weighted by atomic mass is 15.2. The molecule has 0 saturated carbocycles. The van der Waals surface area contributed by atoms with Crippen LogP contribution in [0.1, 0.15) is 24.1 Å². The third kappa shape index (κ3) is 3.66. The van der Waals surface area contributed by atoms with Crippen LogP contribution in [0, 0.1) is 6.92 Å². The summed E-state index contributed by atoms with van der Waals surface area (Å²) in [6.07, 6.45) is 3.82. The van der Waals surface area contributed by atoms with Gasteiger partial charge in [-0.2, -0.15) is 0 Å². The number of benzene rings is 1. The summed E-state index contributed by atoms with van der Waals surface area (Å²) in [6, 6.07) is 16.5. The molecule has 0 amide bonds. The summed E-state index contributed by atoms with van der Waals surface area (Å²) >= 11 is 0. The first-order valence-corrected chi connectivity index (χ1v) is 7.99. The molecule has 2 aromatic heterocycles. The monoisotopic (exact) mass is 306 g/mol. The van der Waals surface area contributed by atoms with Crippen molar-refractivity contribution in [2.45, 2.75) is 26.9 Å². The zero-order chi connectivity index (χ0) is 16.1. The maximum absolute atomic E-state index is 4.51. The third-order valence-electron chi connectivity index (χ3n) is 3.97. The van der Waals surface area contributed by atoms with Crippen LogP contribution in [0.3, 0.4) is 0 Å². The largest absolute Gasteiger partial charge is 0.300 e. The van der Waals surface area contributed by atoms with Gasteiger partial charge in [0.2, 0.25) is 0 Å². The highest BCUT2D eigenvalue weighted by Gasteiger charge is 2.12. The van der Waals surface area contributed by atoms with E-state index in [1.54, 1.807) is 0 Å². The smallest absolute Gasteiger partial charge is 0.110 e. The van der Waals surface area contributed by atoms with Gasteiger partial charge in [-0.3, -0.25) is 14.5 Å². The van der Waals surface area contributed by atoms with E-state index in [4.69, 9.17) is 0 Å². The molecule has 0 spiro atoms. The normalized spacial score (nSPS) is 11.1. The Balaban J connectivity index is 1.82. The van der Waals surface area contributed by atoms with Crippen molar-refractivity contribution < 1.29 is 0 Å². The molecule has 0 saturated heterocycles. The number of pyridine rings is 1. The molecule has 3 rings (SSSR count). The van der Waals surface area contributed by atoms with Crippen LogP contribution in [0.5, 0.6) is 0 Å². The van der Waals surface area contributed by atoms with Gasteiger partial charge >= 0.3 is 0 Å². The third-order valence-corrected chi connectivity index (χ3v) is 3.97. The van der Waals surface area contributed by atoms with E-state index in [9.17, 15) is 0 Å². The number of aromatic nitrogens is 3. The lowest BCUT2D eigenvalue weighted by Gasteiger charge is -2.21. The minimum absolute atomic E-state index is 0.844. The van der Waals surface area contributed by atoms with Crippen LogP contribution in [0.25, 0.3) is 5.69 Å². The predicted octanol–water partition coefficient (Wildman–Crippen LogP) is 3.60. The first kappa shape index (κ1) is 15.4. The Labute approximate surface area is 137 Å². The molecule has 118 valence electrons. The molecule has 0 unspecified atom stereocenters. The molecule has 0 aliphatic heterocycles. The fourth-order valence-corrected chi connectivity index (χ4v) is 2.76. The maximum Gasteiger partial charge on any atom is 0.110 e. The summed E-state index contributed by atoms with van der Waals surface area (Å²) < 4.78 is 2.22. The molecular weight excluding hydrogens is 284 g/mol. The van der Waals surface area contributed by atoms with Gasteiger partial charge in [0.15, 0.2) is 0 Å². The fraction of sp³-hybridized carbons (Fsp3) is 0.263. The van der Waals surface area contributed by atoms with Crippen molar-refractivity contribution in [3.8, 4) is 5.69 Å². The molecule has 0 radical (unpaired) electrons. The van der Waals surface area contributed by atoms with E-state index in [2.05, 4.69) is 56.7 Å². The molecule has 0 aliphatic carbocycles. The molecule has 2 heterocycles. The Morgan fingerprint density at radius 2 is 1.74 bits per heavy atom. The van der Waals surface area contributed by atoms with Crippen LogP contribution in [0.15, 0.2) is 60.9 Å². The fourth-order valence-electron chi connectivity index (χ4n) is 2.76. The van der Waals surface area contributed by atoms with E-state index < -0.39 is 0 Å². The molecule has 4 heteroatoms. The summed E-state index contributed by atoms with van der Waals surface area (Å²) in [7, 11) is 0. The number of imidazole rings is 1. The number of rotatable bonds is 6. The average Bonchev–Trinajstić information content (AvgIpc) is 2.96. The summed E-state index contributed by atoms with van der Waals surface area (Å²) in [5.41, 5.74) is 3.45. The summed E-state index contributed by atoms with van der Waals surface area (Å²) in [4.78, 5) is 11.3. The summed E-state index contributed by atoms with van der Waals surface area (Å²) in [5, 5.41) is 0. The van der Waals surface area contributed by atoms with Gasteiger partial charge in [-0.1, -0.05) is 31.2 Å². The van der Waals surface area contributed by atoms with Crippen molar-refractivity contribution >= 4 is 0 Å². The molecular formula is C19H22N4. The molecule has 0 atom stereocenters. The lowest BCUT2D eigenvalue weighted by molar-refractivity contribution is 0.263. The Hall–Kier alpha value is -2.46. The predicted molar refractivity (Wildman–Crippen MR) is 92.3 cm³/mol. The Morgan fingerprint density at radius 3 is 2.43 bits per heavy atom.